The first-order valence-electron chi connectivity index (χ1n) is 40.8. The molecule has 0 unspecified atom stereocenters. The summed E-state index contributed by atoms with van der Waals surface area (Å²) in [5, 5.41) is 19.0. The normalized spacial score (nSPS) is 13.5. The number of nitrogens with zero attached hydrogens (tertiary/aromatic N) is 12. The van der Waals surface area contributed by atoms with Gasteiger partial charge in [0.25, 0.3) is 0 Å². The number of aliphatic hydroxyl groups is 2. The molecule has 0 aromatic carbocycles. The number of rotatable bonds is 56. The van der Waals surface area contributed by atoms with Gasteiger partial charge in [-0.25, -0.2) is 112 Å². The molecule has 0 saturated heterocycles. The van der Waals surface area contributed by atoms with E-state index in [1.807, 2.05) is 36.0 Å². The minimum atomic E-state index is -2.56. The SMILES string of the molecule is CCn1c(=O)n(CCCSC)c(=O)n(CCCSC)c1=O.CCn1c(=O)n(CCCSC2CCCCC2)c(=O)n(CCCSC2CCCCC2)c1=O.CCn1c(=O)n(CCCSCCC[Si](OC)(OC)OC)c(=O)n(CCCSCCC[Si](OC)(OC)OC)c1=O.CCn1c(=O)n(CCCSCCO)c(=O)n(CCCSCCO)c1=O. The van der Waals surface area contributed by atoms with Gasteiger partial charge >= 0.3 is 85.9 Å². The van der Waals surface area contributed by atoms with E-state index in [9.17, 15) is 57.5 Å². The molecule has 0 atom stereocenters. The van der Waals surface area contributed by atoms with Crippen molar-refractivity contribution in [3.05, 3.63) is 126 Å². The van der Waals surface area contributed by atoms with E-state index >= 15 is 0 Å². The monoisotopic (exact) mass is 1820 g/mol. The summed E-state index contributed by atoms with van der Waals surface area (Å²) in [4.78, 5) is 151. The van der Waals surface area contributed by atoms with Gasteiger partial charge in [0.1, 0.15) is 0 Å². The lowest BCUT2D eigenvalue weighted by atomic mass is 10.0. The predicted octanol–water partition coefficient (Wildman–Crippen LogP) is 6.20. The predicted molar refractivity (Wildman–Crippen MR) is 488 cm³/mol. The largest absolute Gasteiger partial charge is 0.500 e. The maximum atomic E-state index is 13.1. The molecule has 0 bridgehead atoms. The molecule has 4 heterocycles. The molecule has 0 amide bonds. The first-order chi connectivity index (χ1) is 56.0. The minimum absolute atomic E-state index is 0.104. The maximum absolute atomic E-state index is 13.1. The van der Waals surface area contributed by atoms with Crippen LogP contribution in [0.1, 0.15) is 156 Å². The molecule has 6 rings (SSSR count). The van der Waals surface area contributed by atoms with Crippen LogP contribution in [0.15, 0.2) is 57.5 Å². The van der Waals surface area contributed by atoms with Crippen LogP contribution in [0.3, 0.4) is 0 Å². The average molecular weight is 1830 g/mol. The molecular weight excluding hydrogens is 1690 g/mol. The Morgan fingerprint density at radius 1 is 0.276 bits per heavy atom. The van der Waals surface area contributed by atoms with Crippen molar-refractivity contribution in [2.75, 3.05) is 137 Å². The Morgan fingerprint density at radius 2 is 0.466 bits per heavy atom. The Morgan fingerprint density at radius 3 is 0.664 bits per heavy atom. The summed E-state index contributed by atoms with van der Waals surface area (Å²) >= 11 is 13.9. The average Bonchev–Trinajstić information content (AvgIpc) is 0.806. The third kappa shape index (κ3) is 35.1. The molecule has 2 saturated carbocycles. The first-order valence-corrected chi connectivity index (χ1v) is 54.2. The van der Waals surface area contributed by atoms with Gasteiger partial charge in [-0.3, -0.25) is 0 Å². The van der Waals surface area contributed by atoms with Gasteiger partial charge in [0.2, 0.25) is 0 Å². The third-order valence-corrected chi connectivity index (χ3v) is 34.1. The van der Waals surface area contributed by atoms with Crippen molar-refractivity contribution in [3.8, 4) is 0 Å². The molecule has 2 N–H and O–H groups in total. The minimum Gasteiger partial charge on any atom is -0.396 e. The molecular formula is C74H136N12O20S8Si2. The van der Waals surface area contributed by atoms with Crippen molar-refractivity contribution in [2.45, 2.75) is 257 Å². The summed E-state index contributed by atoms with van der Waals surface area (Å²) in [5.74, 6) is 9.74. The fourth-order valence-corrected chi connectivity index (χ4v) is 23.7. The highest BCUT2D eigenvalue weighted by molar-refractivity contribution is 8.00. The second kappa shape index (κ2) is 61.8. The standard InChI is InChI=1S/C23H47N3O9S2Si2.C23H39N3O3S2.C15H27N3O5S2.C13H23N3O3S2/c1-8-24-21(27)25(13-9-15-36-17-11-19-38(30-2,31-3)32-4)23(29)26(22(24)28)14-10-16-37-18-12-20-39(33-5,34-6)35-7;1-2-24-21(27)25(15-9-17-30-19-11-5-3-6-12-19)23(29)26(22(24)28)16-10-18-31-20-13-7-4-8-14-20;1-2-16-13(21)17(5-3-9-24-11-7-19)15(23)18(14(16)22)6-4-10-25-12-8-20;1-4-14-11(17)15(7-5-9-20-2)13(19)16(12(14)18)8-6-10-21-3/h8-20H2,1-7H3;19-20H,2-18H2,1H3;19-20H,2-12H2,1H3;4-10H2,1-3H3. The van der Waals surface area contributed by atoms with Crippen LogP contribution in [0.5, 0.6) is 0 Å². The van der Waals surface area contributed by atoms with E-state index in [1.54, 1.807) is 141 Å². The smallest absolute Gasteiger partial charge is 0.396 e. The van der Waals surface area contributed by atoms with Crippen molar-refractivity contribution in [1.29, 1.82) is 0 Å². The highest BCUT2D eigenvalue weighted by atomic mass is 32.2. The highest BCUT2D eigenvalue weighted by Gasteiger charge is 2.38. The fourth-order valence-electron chi connectivity index (χ4n) is 13.2. The highest BCUT2D eigenvalue weighted by Crippen LogP contribution is 2.30. The lowest BCUT2D eigenvalue weighted by Gasteiger charge is -2.24. The van der Waals surface area contributed by atoms with Gasteiger partial charge < -0.3 is 36.8 Å². The Hall–Kier alpha value is -3.45. The van der Waals surface area contributed by atoms with Crippen LogP contribution in [-0.4, -0.2) is 231 Å². The van der Waals surface area contributed by atoms with Gasteiger partial charge in [0.15, 0.2) is 0 Å². The zero-order valence-electron chi connectivity index (χ0n) is 71.0. The van der Waals surface area contributed by atoms with Crippen LogP contribution in [0.25, 0.3) is 0 Å². The zero-order chi connectivity index (χ0) is 85.9. The molecule has 4 aromatic rings. The van der Waals surface area contributed by atoms with Crippen LogP contribution in [0.4, 0.5) is 0 Å². The molecule has 0 radical (unpaired) electrons. The molecule has 42 heteroatoms. The summed E-state index contributed by atoms with van der Waals surface area (Å²) in [6, 6.07) is 1.45. The molecule has 4 aromatic heterocycles. The number of aliphatic hydroxyl groups excluding tert-OH is 2. The van der Waals surface area contributed by atoms with Crippen molar-refractivity contribution in [3.63, 3.8) is 0 Å². The molecule has 0 aliphatic heterocycles. The number of hydrogen-bond acceptors (Lipinski definition) is 28. The molecule has 2 aliphatic carbocycles. The third-order valence-electron chi connectivity index (χ3n) is 19.7. The van der Waals surface area contributed by atoms with Gasteiger partial charge in [-0.05, 0) is 188 Å². The number of hydrogen-bond donors (Lipinski definition) is 2. The summed E-state index contributed by atoms with van der Waals surface area (Å²) in [6.45, 7) is 10.8. The topological polar surface area (TPSA) is 360 Å². The number of thioether (sulfide) groups is 8. The van der Waals surface area contributed by atoms with E-state index in [0.29, 0.717) is 69.9 Å². The van der Waals surface area contributed by atoms with Gasteiger partial charge in [-0.1, -0.05) is 38.5 Å². The van der Waals surface area contributed by atoms with E-state index in [0.717, 1.165) is 141 Å². The second-order valence-corrected chi connectivity index (χ2v) is 43.2. The summed E-state index contributed by atoms with van der Waals surface area (Å²) < 4.78 is 46.8. The zero-order valence-corrected chi connectivity index (χ0v) is 79.5. The van der Waals surface area contributed by atoms with Crippen molar-refractivity contribution < 1.29 is 36.8 Å². The first kappa shape index (κ1) is 107. The van der Waals surface area contributed by atoms with Gasteiger partial charge in [-0.15, -0.1) is 0 Å². The van der Waals surface area contributed by atoms with E-state index in [1.165, 1.54) is 96.2 Å². The molecule has 32 nitrogen and oxygen atoms in total. The van der Waals surface area contributed by atoms with Gasteiger partial charge in [0.05, 0.1) is 13.2 Å². The van der Waals surface area contributed by atoms with E-state index in [-0.39, 0.29) is 59.0 Å². The van der Waals surface area contributed by atoms with E-state index < -0.39 is 85.9 Å². The van der Waals surface area contributed by atoms with E-state index in [4.69, 9.17) is 36.8 Å². The van der Waals surface area contributed by atoms with Gasteiger partial charge in [0, 0.05) is 155 Å². The molecule has 668 valence electrons. The Kier molecular flexibility index (Phi) is 56.8. The van der Waals surface area contributed by atoms with Crippen LogP contribution < -0.4 is 68.3 Å². The molecule has 2 aliphatic rings. The Bertz CT molecular complexity index is 3950. The lowest BCUT2D eigenvalue weighted by molar-refractivity contribution is 0.123. The second-order valence-electron chi connectivity index (χ2n) is 27.4. The molecule has 116 heavy (non-hydrogen) atoms. The van der Waals surface area contributed by atoms with E-state index in [2.05, 4.69) is 0 Å². The fraction of sp³-hybridized carbons (Fsp3) is 0.838. The van der Waals surface area contributed by atoms with Crippen LogP contribution >= 0.6 is 94.1 Å². The number of aromatic nitrogens is 12. The Labute approximate surface area is 718 Å². The summed E-state index contributed by atoms with van der Waals surface area (Å²) in [6.07, 6.45) is 24.5. The maximum Gasteiger partial charge on any atom is 0.500 e. The molecule has 2 fully saturated rings. The molecule has 0 spiro atoms. The summed E-state index contributed by atoms with van der Waals surface area (Å²) in [5.41, 5.74) is -6.07. The van der Waals surface area contributed by atoms with Crippen LogP contribution in [-0.2, 0) is 105 Å². The van der Waals surface area contributed by atoms with Crippen molar-refractivity contribution in [1.82, 2.24) is 54.8 Å². The van der Waals surface area contributed by atoms with Gasteiger partial charge in [-0.2, -0.15) is 94.1 Å². The van der Waals surface area contributed by atoms with Crippen LogP contribution in [0.2, 0.25) is 12.1 Å². The summed E-state index contributed by atoms with van der Waals surface area (Å²) in [7, 11) is 4.50. The van der Waals surface area contributed by atoms with Crippen molar-refractivity contribution >= 4 is 112 Å². The van der Waals surface area contributed by atoms with Crippen LogP contribution in [0, 0.1) is 0 Å². The quantitative estimate of drug-likeness (QED) is 0.0367. The lowest BCUT2D eigenvalue weighted by Crippen LogP contribution is -2.54. The van der Waals surface area contributed by atoms with Crippen molar-refractivity contribution in [2.24, 2.45) is 0 Å². The Balaban J connectivity index is 0.000000410.